The van der Waals surface area contributed by atoms with Crippen molar-refractivity contribution in [1.82, 2.24) is 0 Å². The van der Waals surface area contributed by atoms with Gasteiger partial charge in [0.05, 0.1) is 0 Å². The fourth-order valence-electron chi connectivity index (χ4n) is 1.91. The largest absolute Gasteiger partial charge is 0.489 e. The van der Waals surface area contributed by atoms with Crippen molar-refractivity contribution >= 4 is 0 Å². The Morgan fingerprint density at radius 3 is 2.40 bits per heavy atom. The summed E-state index contributed by atoms with van der Waals surface area (Å²) >= 11 is 0. The van der Waals surface area contributed by atoms with Crippen molar-refractivity contribution in [1.29, 1.82) is 0 Å². The molecule has 0 amide bonds. The Hall–Kier alpha value is -1.91. The fourth-order valence-corrected chi connectivity index (χ4v) is 1.91. The van der Waals surface area contributed by atoms with Gasteiger partial charge in [-0.05, 0) is 41.8 Å². The Kier molecular flexibility index (Phi) is 5.09. The highest BCUT2D eigenvalue weighted by Gasteiger charge is 2.04. The van der Waals surface area contributed by atoms with Gasteiger partial charge in [-0.25, -0.2) is 4.39 Å². The second-order valence-corrected chi connectivity index (χ2v) is 4.54. The summed E-state index contributed by atoms with van der Waals surface area (Å²) in [6.45, 7) is 0.666. The summed E-state index contributed by atoms with van der Waals surface area (Å²) in [7, 11) is 0. The minimum Gasteiger partial charge on any atom is -0.489 e. The highest BCUT2D eigenvalue weighted by molar-refractivity contribution is 5.29. The Morgan fingerprint density at radius 2 is 1.75 bits per heavy atom. The Morgan fingerprint density at radius 1 is 1.05 bits per heavy atom. The van der Waals surface area contributed by atoms with Crippen molar-refractivity contribution in [3.05, 3.63) is 65.0 Å². The molecule has 0 bridgehead atoms. The predicted molar refractivity (Wildman–Crippen MR) is 75.9 cm³/mol. The third kappa shape index (κ3) is 3.79. The Bertz CT molecular complexity index is 555. The van der Waals surface area contributed by atoms with Crippen LogP contribution in [0.1, 0.15) is 16.7 Å². The molecule has 0 spiro atoms. The van der Waals surface area contributed by atoms with E-state index in [1.165, 1.54) is 6.07 Å². The number of rotatable bonds is 6. The standard InChI is InChI=1S/C16H18FNO2/c17-16-6-3-13(10-18)9-14(16)11-20-15-4-1-12(2-5-15)7-8-19/h1-6,9,19H,7-8,10-11,18H2. The average Bonchev–Trinajstić information content (AvgIpc) is 2.48. The van der Waals surface area contributed by atoms with Crippen LogP contribution >= 0.6 is 0 Å². The van der Waals surface area contributed by atoms with Gasteiger partial charge in [0, 0.05) is 18.7 Å². The van der Waals surface area contributed by atoms with Crippen LogP contribution in [0.15, 0.2) is 42.5 Å². The molecule has 0 saturated carbocycles. The molecule has 0 heterocycles. The molecule has 0 unspecified atom stereocenters. The zero-order valence-electron chi connectivity index (χ0n) is 11.2. The third-order valence-electron chi connectivity index (χ3n) is 3.06. The maximum absolute atomic E-state index is 13.6. The fraction of sp³-hybridized carbons (Fsp3) is 0.250. The molecular weight excluding hydrogens is 257 g/mol. The molecular formula is C16H18FNO2. The average molecular weight is 275 g/mol. The van der Waals surface area contributed by atoms with E-state index in [0.717, 1.165) is 11.1 Å². The first-order valence-corrected chi connectivity index (χ1v) is 6.53. The summed E-state index contributed by atoms with van der Waals surface area (Å²) in [4.78, 5) is 0. The van der Waals surface area contributed by atoms with Crippen LogP contribution in [0.3, 0.4) is 0 Å². The molecule has 0 aliphatic rings. The summed E-state index contributed by atoms with van der Waals surface area (Å²) in [5.74, 6) is 0.378. The second-order valence-electron chi connectivity index (χ2n) is 4.54. The van der Waals surface area contributed by atoms with Crippen molar-refractivity contribution in [2.45, 2.75) is 19.6 Å². The number of hydrogen-bond acceptors (Lipinski definition) is 3. The van der Waals surface area contributed by atoms with Crippen LogP contribution in [0.25, 0.3) is 0 Å². The number of aliphatic hydroxyl groups is 1. The van der Waals surface area contributed by atoms with Crippen LogP contribution in [-0.4, -0.2) is 11.7 Å². The number of hydrogen-bond donors (Lipinski definition) is 2. The van der Waals surface area contributed by atoms with Crippen molar-refractivity contribution < 1.29 is 14.2 Å². The maximum Gasteiger partial charge on any atom is 0.129 e. The molecule has 0 aliphatic heterocycles. The molecule has 0 radical (unpaired) electrons. The number of benzene rings is 2. The number of ether oxygens (including phenoxy) is 1. The lowest BCUT2D eigenvalue weighted by Crippen LogP contribution is -2.02. The minimum absolute atomic E-state index is 0.122. The van der Waals surface area contributed by atoms with Crippen molar-refractivity contribution in [2.75, 3.05) is 6.61 Å². The van der Waals surface area contributed by atoms with Gasteiger partial charge in [0.25, 0.3) is 0 Å². The first-order chi connectivity index (χ1) is 9.72. The zero-order valence-corrected chi connectivity index (χ0v) is 11.2. The number of halogens is 1. The molecule has 20 heavy (non-hydrogen) atoms. The lowest BCUT2D eigenvalue weighted by Gasteiger charge is -2.09. The van der Waals surface area contributed by atoms with Crippen molar-refractivity contribution in [3.8, 4) is 5.75 Å². The van der Waals surface area contributed by atoms with Crippen LogP contribution in [0.5, 0.6) is 5.75 Å². The molecule has 2 aromatic rings. The summed E-state index contributed by atoms with van der Waals surface area (Å²) in [6, 6.07) is 12.2. The van der Waals surface area contributed by atoms with Crippen LogP contribution in [0, 0.1) is 5.82 Å². The Labute approximate surface area is 117 Å². The highest BCUT2D eigenvalue weighted by Crippen LogP contribution is 2.17. The highest BCUT2D eigenvalue weighted by atomic mass is 19.1. The van der Waals surface area contributed by atoms with Gasteiger partial charge in [0.15, 0.2) is 0 Å². The van der Waals surface area contributed by atoms with Gasteiger partial charge >= 0.3 is 0 Å². The molecule has 3 N–H and O–H groups in total. The van der Waals surface area contributed by atoms with E-state index in [1.807, 2.05) is 24.3 Å². The van der Waals surface area contributed by atoms with Crippen LogP contribution in [0.4, 0.5) is 4.39 Å². The smallest absolute Gasteiger partial charge is 0.129 e. The molecule has 0 aliphatic carbocycles. The summed E-state index contributed by atoms with van der Waals surface area (Å²) in [6.07, 6.45) is 0.619. The second kappa shape index (κ2) is 7.03. The number of nitrogens with two attached hydrogens (primary N) is 1. The maximum atomic E-state index is 13.6. The van der Waals surface area contributed by atoms with Crippen molar-refractivity contribution in [2.24, 2.45) is 5.73 Å². The molecule has 3 nitrogen and oxygen atoms in total. The quantitative estimate of drug-likeness (QED) is 0.851. The lowest BCUT2D eigenvalue weighted by molar-refractivity contribution is 0.296. The van der Waals surface area contributed by atoms with Gasteiger partial charge in [0.2, 0.25) is 0 Å². The minimum atomic E-state index is -0.292. The van der Waals surface area contributed by atoms with Gasteiger partial charge in [-0.1, -0.05) is 18.2 Å². The van der Waals surface area contributed by atoms with E-state index in [2.05, 4.69) is 0 Å². The monoisotopic (exact) mass is 275 g/mol. The van der Waals surface area contributed by atoms with E-state index in [-0.39, 0.29) is 19.0 Å². The van der Waals surface area contributed by atoms with Crippen molar-refractivity contribution in [3.63, 3.8) is 0 Å². The lowest BCUT2D eigenvalue weighted by atomic mass is 10.1. The summed E-state index contributed by atoms with van der Waals surface area (Å²) in [5, 5.41) is 8.84. The SMILES string of the molecule is NCc1ccc(F)c(COc2ccc(CCO)cc2)c1. The van der Waals surface area contributed by atoms with Gasteiger partial charge in [-0.3, -0.25) is 0 Å². The van der Waals surface area contributed by atoms with E-state index >= 15 is 0 Å². The number of aliphatic hydroxyl groups excluding tert-OH is 1. The summed E-state index contributed by atoms with van der Waals surface area (Å²) in [5.41, 5.74) is 7.95. The molecule has 0 fully saturated rings. The van der Waals surface area contributed by atoms with Gasteiger partial charge in [-0.15, -0.1) is 0 Å². The van der Waals surface area contributed by atoms with Crippen LogP contribution in [0.2, 0.25) is 0 Å². The zero-order chi connectivity index (χ0) is 14.4. The first-order valence-electron chi connectivity index (χ1n) is 6.53. The molecule has 106 valence electrons. The van der Waals surface area contributed by atoms with E-state index in [0.29, 0.717) is 24.3 Å². The van der Waals surface area contributed by atoms with E-state index in [4.69, 9.17) is 15.6 Å². The molecule has 2 rings (SSSR count). The first kappa shape index (κ1) is 14.5. The van der Waals surface area contributed by atoms with Gasteiger partial charge in [0.1, 0.15) is 18.2 Å². The molecule has 4 heteroatoms. The molecule has 2 aromatic carbocycles. The van der Waals surface area contributed by atoms with E-state index < -0.39 is 0 Å². The third-order valence-corrected chi connectivity index (χ3v) is 3.06. The molecule has 0 saturated heterocycles. The topological polar surface area (TPSA) is 55.5 Å². The van der Waals surface area contributed by atoms with Gasteiger partial charge in [-0.2, -0.15) is 0 Å². The molecule has 0 atom stereocenters. The van der Waals surface area contributed by atoms with Gasteiger partial charge < -0.3 is 15.6 Å². The van der Waals surface area contributed by atoms with E-state index in [1.54, 1.807) is 12.1 Å². The predicted octanol–water partition coefficient (Wildman–Crippen LogP) is 2.40. The summed E-state index contributed by atoms with van der Waals surface area (Å²) < 4.78 is 19.2. The Balaban J connectivity index is 2.01. The van der Waals surface area contributed by atoms with E-state index in [9.17, 15) is 4.39 Å². The normalized spacial score (nSPS) is 10.6. The van der Waals surface area contributed by atoms with Crippen LogP contribution in [-0.2, 0) is 19.6 Å². The van der Waals surface area contributed by atoms with Crippen LogP contribution < -0.4 is 10.5 Å². The molecule has 0 aromatic heterocycles.